The molecule has 0 radical (unpaired) electrons. The fraction of sp³-hybridized carbons (Fsp3) is 0.364. The highest BCUT2D eigenvalue weighted by Gasteiger charge is 2.41. The van der Waals surface area contributed by atoms with Crippen LogP contribution in [0.2, 0.25) is 0 Å². The predicted octanol–water partition coefficient (Wildman–Crippen LogP) is 5.67. The van der Waals surface area contributed by atoms with Crippen molar-refractivity contribution in [2.24, 2.45) is 0 Å². The number of aryl methyl sites for hydroxylation is 1. The average Bonchev–Trinajstić information content (AvgIpc) is 2.96. The number of nitrogens with zero attached hydrogens (tertiary/aromatic N) is 2. The minimum atomic E-state index is -1.00. The molecule has 1 saturated heterocycles. The molecule has 1 heterocycles. The van der Waals surface area contributed by atoms with E-state index in [-0.39, 0.29) is 19.0 Å². The summed E-state index contributed by atoms with van der Waals surface area (Å²) in [6.45, 7) is 8.02. The van der Waals surface area contributed by atoms with Gasteiger partial charge in [-0.05, 0) is 62.6 Å². The van der Waals surface area contributed by atoms with E-state index in [4.69, 9.17) is 14.2 Å². The molecule has 1 unspecified atom stereocenters. The molecule has 222 valence electrons. The zero-order chi connectivity index (χ0) is 30.3. The van der Waals surface area contributed by atoms with Crippen LogP contribution in [-0.2, 0) is 19.1 Å². The number of amides is 3. The molecule has 4 rings (SSSR count). The van der Waals surface area contributed by atoms with Crippen LogP contribution in [0.4, 0.5) is 16.2 Å². The van der Waals surface area contributed by atoms with Crippen LogP contribution in [0.5, 0.6) is 5.75 Å². The Kier molecular flexibility index (Phi) is 9.85. The highest BCUT2D eigenvalue weighted by molar-refractivity contribution is 6.08. The number of carbonyl (C=O) groups excluding carboxylic acids is 3. The Bertz CT molecular complexity index is 1400. The first-order valence-corrected chi connectivity index (χ1v) is 14.0. The molecule has 9 nitrogen and oxygen atoms in total. The predicted molar refractivity (Wildman–Crippen MR) is 163 cm³/mol. The molecule has 1 aliphatic rings. The maximum absolute atomic E-state index is 13.9. The number of nitrogens with one attached hydrogen (secondary N) is 1. The van der Waals surface area contributed by atoms with E-state index in [9.17, 15) is 14.4 Å². The summed E-state index contributed by atoms with van der Waals surface area (Å²) >= 11 is 0. The van der Waals surface area contributed by atoms with Crippen molar-refractivity contribution >= 4 is 29.3 Å². The number of benzene rings is 3. The lowest BCUT2D eigenvalue weighted by Crippen LogP contribution is -2.62. The number of methoxy groups -OCH3 is 1. The summed E-state index contributed by atoms with van der Waals surface area (Å²) in [5.74, 6) is -0.175. The van der Waals surface area contributed by atoms with E-state index < -0.39 is 23.6 Å². The molecule has 0 spiro atoms. The number of anilines is 2. The average molecular weight is 574 g/mol. The molecule has 1 atom stereocenters. The normalized spacial score (nSPS) is 15.4. The molecule has 42 heavy (non-hydrogen) atoms. The van der Waals surface area contributed by atoms with Crippen LogP contribution in [0.3, 0.4) is 0 Å². The summed E-state index contributed by atoms with van der Waals surface area (Å²) in [5.41, 5.74) is 3.15. The van der Waals surface area contributed by atoms with Crippen LogP contribution >= 0.6 is 0 Å². The molecule has 1 aliphatic heterocycles. The van der Waals surface area contributed by atoms with Crippen LogP contribution in [0.15, 0.2) is 72.8 Å². The van der Waals surface area contributed by atoms with Crippen molar-refractivity contribution in [3.05, 3.63) is 78.4 Å². The van der Waals surface area contributed by atoms with Gasteiger partial charge in [-0.15, -0.1) is 0 Å². The number of rotatable bonds is 9. The van der Waals surface area contributed by atoms with Gasteiger partial charge in [0.25, 0.3) is 0 Å². The van der Waals surface area contributed by atoms with Gasteiger partial charge < -0.3 is 19.5 Å². The highest BCUT2D eigenvalue weighted by atomic mass is 16.6. The fourth-order valence-electron chi connectivity index (χ4n) is 4.67. The molecule has 1 N–H and O–H groups in total. The number of hydrogen-bond acceptors (Lipinski definition) is 6. The summed E-state index contributed by atoms with van der Waals surface area (Å²) in [6, 6.07) is 21.7. The topological polar surface area (TPSA) is 97.4 Å². The molecule has 9 heteroatoms. The summed E-state index contributed by atoms with van der Waals surface area (Å²) in [6.07, 6.45) is 0.0854. The molecular weight excluding hydrogens is 534 g/mol. The Morgan fingerprint density at radius 3 is 2.40 bits per heavy atom. The Hall–Kier alpha value is -4.37. The molecule has 3 amide bonds. The van der Waals surface area contributed by atoms with Crippen molar-refractivity contribution in [3.8, 4) is 16.9 Å². The third-order valence-electron chi connectivity index (χ3n) is 6.69. The maximum atomic E-state index is 13.9. The second kappa shape index (κ2) is 13.5. The first-order valence-electron chi connectivity index (χ1n) is 14.0. The molecule has 0 saturated carbocycles. The van der Waals surface area contributed by atoms with Gasteiger partial charge in [-0.3, -0.25) is 19.4 Å². The van der Waals surface area contributed by atoms with Gasteiger partial charge in [-0.25, -0.2) is 4.79 Å². The molecule has 0 aliphatic carbocycles. The fourth-order valence-corrected chi connectivity index (χ4v) is 4.67. The summed E-state index contributed by atoms with van der Waals surface area (Å²) in [7, 11) is 1.64. The Labute approximate surface area is 247 Å². The van der Waals surface area contributed by atoms with E-state index in [1.165, 1.54) is 9.80 Å². The molecule has 3 aromatic carbocycles. The van der Waals surface area contributed by atoms with Crippen molar-refractivity contribution in [1.82, 2.24) is 4.90 Å². The third-order valence-corrected chi connectivity index (χ3v) is 6.69. The first-order chi connectivity index (χ1) is 20.1. The van der Waals surface area contributed by atoms with E-state index in [0.717, 1.165) is 23.1 Å². The lowest BCUT2D eigenvalue weighted by atomic mass is 10.0. The van der Waals surface area contributed by atoms with Crippen molar-refractivity contribution in [3.63, 3.8) is 0 Å². The van der Waals surface area contributed by atoms with E-state index >= 15 is 0 Å². The molecule has 0 aromatic heterocycles. The van der Waals surface area contributed by atoms with Gasteiger partial charge in [0, 0.05) is 37.6 Å². The monoisotopic (exact) mass is 573 g/mol. The van der Waals surface area contributed by atoms with Crippen molar-refractivity contribution in [2.45, 2.75) is 45.8 Å². The number of piperazine rings is 1. The van der Waals surface area contributed by atoms with Gasteiger partial charge in [-0.1, -0.05) is 48.5 Å². The molecular formula is C33H39N3O6. The van der Waals surface area contributed by atoms with Crippen molar-refractivity contribution < 1.29 is 28.6 Å². The van der Waals surface area contributed by atoms with Gasteiger partial charge in [-0.2, -0.15) is 0 Å². The third kappa shape index (κ3) is 7.88. The van der Waals surface area contributed by atoms with Crippen LogP contribution in [0.25, 0.3) is 11.1 Å². The maximum Gasteiger partial charge on any atom is 0.410 e. The largest absolute Gasteiger partial charge is 0.493 e. The van der Waals surface area contributed by atoms with Gasteiger partial charge in [0.05, 0.1) is 13.2 Å². The lowest BCUT2D eigenvalue weighted by molar-refractivity contribution is -0.127. The minimum Gasteiger partial charge on any atom is -0.493 e. The van der Waals surface area contributed by atoms with Crippen LogP contribution in [0.1, 0.15) is 32.8 Å². The van der Waals surface area contributed by atoms with E-state index in [0.29, 0.717) is 30.3 Å². The number of ether oxygens (including phenoxy) is 3. The second-order valence-electron chi connectivity index (χ2n) is 11.2. The van der Waals surface area contributed by atoms with E-state index in [1.807, 2.05) is 61.5 Å². The SMILES string of the molecule is COCCCOc1cc(NC(=O)C2CN(C(=O)OC(C)(C)C)CC(=O)N2c2cccc(-c3ccccc3)c2)ccc1C. The van der Waals surface area contributed by atoms with Gasteiger partial charge in [0.2, 0.25) is 11.8 Å². The molecule has 0 bridgehead atoms. The summed E-state index contributed by atoms with van der Waals surface area (Å²) in [4.78, 5) is 43.2. The van der Waals surface area contributed by atoms with Gasteiger partial charge in [0.15, 0.2) is 0 Å². The number of carbonyl (C=O) groups is 3. The van der Waals surface area contributed by atoms with Gasteiger partial charge in [0.1, 0.15) is 23.9 Å². The Morgan fingerprint density at radius 1 is 0.952 bits per heavy atom. The van der Waals surface area contributed by atoms with E-state index in [1.54, 1.807) is 46.1 Å². The van der Waals surface area contributed by atoms with Crippen molar-refractivity contribution in [2.75, 3.05) is 43.6 Å². The zero-order valence-corrected chi connectivity index (χ0v) is 24.9. The lowest BCUT2D eigenvalue weighted by Gasteiger charge is -2.40. The standard InChI is InChI=1S/C33H39N3O6/c1-23-15-16-26(20-29(23)41-18-10-17-40-5)34-31(38)28-21-35(32(39)42-33(2,3)4)22-30(37)36(28)27-14-9-13-25(19-27)24-11-7-6-8-12-24/h6-9,11-16,19-20,28H,10,17-18,21-22H2,1-5H3,(H,34,38). The molecule has 1 fully saturated rings. The van der Waals surface area contributed by atoms with Crippen molar-refractivity contribution in [1.29, 1.82) is 0 Å². The highest BCUT2D eigenvalue weighted by Crippen LogP contribution is 2.29. The van der Waals surface area contributed by atoms with Gasteiger partial charge >= 0.3 is 6.09 Å². The smallest absolute Gasteiger partial charge is 0.410 e. The van der Waals surface area contributed by atoms with Crippen LogP contribution < -0.4 is 15.0 Å². The first kappa shape index (κ1) is 30.6. The second-order valence-corrected chi connectivity index (χ2v) is 11.2. The number of hydrogen-bond donors (Lipinski definition) is 1. The van der Waals surface area contributed by atoms with Crippen LogP contribution in [0, 0.1) is 6.92 Å². The molecule has 3 aromatic rings. The Morgan fingerprint density at radius 2 is 1.69 bits per heavy atom. The summed E-state index contributed by atoms with van der Waals surface area (Å²) < 4.78 is 16.5. The van der Waals surface area contributed by atoms with Crippen LogP contribution in [-0.4, -0.2) is 67.9 Å². The minimum absolute atomic E-state index is 0.0334. The van der Waals surface area contributed by atoms with E-state index in [2.05, 4.69) is 5.32 Å². The summed E-state index contributed by atoms with van der Waals surface area (Å²) in [5, 5.41) is 2.94. The Balaban J connectivity index is 1.63. The quantitative estimate of drug-likeness (QED) is 0.332. The zero-order valence-electron chi connectivity index (χ0n) is 24.9.